The summed E-state index contributed by atoms with van der Waals surface area (Å²) in [6, 6.07) is 3.64. The van der Waals surface area contributed by atoms with Gasteiger partial charge in [0.25, 0.3) is 0 Å². The molecule has 1 fully saturated rings. The smallest absolute Gasteiger partial charge is 0.231 e. The van der Waals surface area contributed by atoms with Gasteiger partial charge in [0.1, 0.15) is 0 Å². The second-order valence-corrected chi connectivity index (χ2v) is 7.05. The van der Waals surface area contributed by atoms with Gasteiger partial charge >= 0.3 is 0 Å². The van der Waals surface area contributed by atoms with Gasteiger partial charge in [0.2, 0.25) is 6.79 Å². The zero-order valence-corrected chi connectivity index (χ0v) is 13.4. The van der Waals surface area contributed by atoms with Crippen LogP contribution in [-0.2, 0) is 10.2 Å². The molecule has 2 N–H and O–H groups in total. The van der Waals surface area contributed by atoms with Gasteiger partial charge < -0.3 is 24.6 Å². The van der Waals surface area contributed by atoms with Crippen LogP contribution in [0.15, 0.2) is 24.3 Å². The number of methoxy groups -OCH3 is 1. The summed E-state index contributed by atoms with van der Waals surface area (Å²) in [5.41, 5.74) is -0.332. The van der Waals surface area contributed by atoms with E-state index in [1.807, 2.05) is 18.2 Å². The number of Topliss-reactive ketones (excluding diaryl/α,β-unsaturated/α-hetero) is 1. The lowest BCUT2D eigenvalue weighted by Crippen LogP contribution is -2.59. The largest absolute Gasteiger partial charge is 0.454 e. The molecule has 0 bridgehead atoms. The molecule has 2 heterocycles. The molecular formula is C18H19NO5. The number of benzene rings is 1. The Morgan fingerprint density at radius 2 is 2.12 bits per heavy atom. The standard InChI is InChI=1S/C18H19NO5/c1-22-10-2-3-18-12-6-15-14(23-9-24-15)5-11(12)13(20)7-17(18,21)8-19-16(18)4-10/h2-3,5-6,10,16,19,21H,4,7-9H2,1H3/t10-,16+,17+,18+/m1/s1. The molecule has 0 saturated carbocycles. The molecule has 6 nitrogen and oxygen atoms in total. The third-order valence-corrected chi connectivity index (χ3v) is 6.02. The van der Waals surface area contributed by atoms with Crippen molar-refractivity contribution in [1.29, 1.82) is 0 Å². The molecule has 1 aromatic rings. The van der Waals surface area contributed by atoms with Gasteiger partial charge in [0.05, 0.1) is 17.1 Å². The van der Waals surface area contributed by atoms with Gasteiger partial charge in [0, 0.05) is 31.7 Å². The van der Waals surface area contributed by atoms with Crippen molar-refractivity contribution in [3.05, 3.63) is 35.4 Å². The third-order valence-electron chi connectivity index (χ3n) is 6.02. The first kappa shape index (κ1) is 14.5. The van der Waals surface area contributed by atoms with Gasteiger partial charge in [-0.05, 0) is 24.1 Å². The van der Waals surface area contributed by atoms with E-state index < -0.39 is 11.0 Å². The molecule has 5 rings (SSSR count). The summed E-state index contributed by atoms with van der Waals surface area (Å²) in [6.45, 7) is 0.547. The molecule has 126 valence electrons. The fourth-order valence-electron chi connectivity index (χ4n) is 4.82. The molecule has 1 aromatic carbocycles. The maximum Gasteiger partial charge on any atom is 0.231 e. The minimum absolute atomic E-state index is 0.00433. The van der Waals surface area contributed by atoms with Gasteiger partial charge in [-0.2, -0.15) is 0 Å². The molecule has 24 heavy (non-hydrogen) atoms. The summed E-state index contributed by atoms with van der Waals surface area (Å²) in [5.74, 6) is 1.18. The van der Waals surface area contributed by atoms with Crippen molar-refractivity contribution in [3.8, 4) is 11.5 Å². The van der Waals surface area contributed by atoms with Crippen LogP contribution in [0.5, 0.6) is 11.5 Å². The van der Waals surface area contributed by atoms with E-state index in [-0.39, 0.29) is 31.1 Å². The highest BCUT2D eigenvalue weighted by atomic mass is 16.7. The zero-order valence-electron chi connectivity index (χ0n) is 13.4. The lowest BCUT2D eigenvalue weighted by atomic mass is 9.56. The molecule has 0 radical (unpaired) electrons. The van der Waals surface area contributed by atoms with E-state index in [4.69, 9.17) is 14.2 Å². The number of hydrogen-bond acceptors (Lipinski definition) is 6. The number of ether oxygens (including phenoxy) is 3. The maximum absolute atomic E-state index is 12.7. The molecule has 1 spiro atoms. The van der Waals surface area contributed by atoms with Crippen molar-refractivity contribution in [1.82, 2.24) is 5.32 Å². The van der Waals surface area contributed by atoms with E-state index in [0.717, 1.165) is 12.0 Å². The number of hydrogen-bond donors (Lipinski definition) is 2. The SMILES string of the molecule is CO[C@@H]1C=C[C@@]23c4cc5c(cc4C(=O)C[C@]2(O)CN[C@H]3C1)OCO5. The molecule has 1 saturated heterocycles. The van der Waals surface area contributed by atoms with Crippen LogP contribution in [0.25, 0.3) is 0 Å². The minimum atomic E-state index is -1.13. The van der Waals surface area contributed by atoms with Crippen molar-refractivity contribution >= 4 is 5.78 Å². The van der Waals surface area contributed by atoms with Crippen molar-refractivity contribution in [2.75, 3.05) is 20.4 Å². The fraction of sp³-hybridized carbons (Fsp3) is 0.500. The van der Waals surface area contributed by atoms with Crippen molar-refractivity contribution in [2.45, 2.75) is 36.0 Å². The first-order valence-electron chi connectivity index (χ1n) is 8.23. The van der Waals surface area contributed by atoms with Crippen molar-refractivity contribution in [2.24, 2.45) is 0 Å². The Bertz CT molecular complexity index is 775. The molecule has 4 aliphatic rings. The number of ketones is 1. The molecule has 0 unspecified atom stereocenters. The summed E-state index contributed by atoms with van der Waals surface area (Å²) in [7, 11) is 1.69. The second-order valence-electron chi connectivity index (χ2n) is 7.05. The molecule has 4 atom stereocenters. The first-order valence-corrected chi connectivity index (χ1v) is 8.23. The monoisotopic (exact) mass is 329 g/mol. The maximum atomic E-state index is 12.7. The Morgan fingerprint density at radius 3 is 2.92 bits per heavy atom. The molecule has 0 aromatic heterocycles. The van der Waals surface area contributed by atoms with E-state index in [9.17, 15) is 9.90 Å². The van der Waals surface area contributed by atoms with Crippen LogP contribution in [0, 0.1) is 0 Å². The van der Waals surface area contributed by atoms with Crippen LogP contribution in [0.2, 0.25) is 0 Å². The van der Waals surface area contributed by atoms with Crippen LogP contribution in [0.3, 0.4) is 0 Å². The number of carbonyl (C=O) groups excluding carboxylic acids is 1. The Labute approximate surface area is 139 Å². The topological polar surface area (TPSA) is 77.0 Å². The first-order chi connectivity index (χ1) is 11.6. The molecule has 2 aliphatic heterocycles. The van der Waals surface area contributed by atoms with E-state index in [1.54, 1.807) is 13.2 Å². The fourth-order valence-corrected chi connectivity index (χ4v) is 4.82. The highest BCUT2D eigenvalue weighted by Gasteiger charge is 2.64. The van der Waals surface area contributed by atoms with Gasteiger partial charge in [0.15, 0.2) is 17.3 Å². The highest BCUT2D eigenvalue weighted by molar-refractivity contribution is 6.01. The van der Waals surface area contributed by atoms with Crippen molar-refractivity contribution < 1.29 is 24.1 Å². The normalized spacial score (nSPS) is 38.7. The van der Waals surface area contributed by atoms with Gasteiger partial charge in [-0.15, -0.1) is 0 Å². The van der Waals surface area contributed by atoms with Crippen LogP contribution in [0.4, 0.5) is 0 Å². The molecular weight excluding hydrogens is 310 g/mol. The average molecular weight is 329 g/mol. The van der Waals surface area contributed by atoms with Crippen molar-refractivity contribution in [3.63, 3.8) is 0 Å². The Hall–Kier alpha value is -1.89. The quantitative estimate of drug-likeness (QED) is 0.746. The van der Waals surface area contributed by atoms with E-state index in [0.29, 0.717) is 23.6 Å². The van der Waals surface area contributed by atoms with E-state index >= 15 is 0 Å². The predicted molar refractivity (Wildman–Crippen MR) is 84.5 cm³/mol. The van der Waals surface area contributed by atoms with E-state index in [2.05, 4.69) is 5.32 Å². The summed E-state index contributed by atoms with van der Waals surface area (Å²) in [5, 5.41) is 14.8. The zero-order chi connectivity index (χ0) is 16.5. The number of β-amino-alcohol motifs (C(OH)–C–C–N with tert-alkyl or cyclic N) is 1. The highest BCUT2D eigenvalue weighted by Crippen LogP contribution is 2.55. The third kappa shape index (κ3) is 1.58. The number of carbonyl (C=O) groups is 1. The van der Waals surface area contributed by atoms with Crippen LogP contribution >= 0.6 is 0 Å². The second kappa shape index (κ2) is 4.59. The van der Waals surface area contributed by atoms with Crippen LogP contribution < -0.4 is 14.8 Å². The molecule has 2 aliphatic carbocycles. The number of nitrogens with one attached hydrogen (secondary N) is 1. The van der Waals surface area contributed by atoms with Gasteiger partial charge in [-0.25, -0.2) is 0 Å². The minimum Gasteiger partial charge on any atom is -0.454 e. The number of fused-ring (bicyclic) bond motifs is 2. The molecule has 6 heteroatoms. The summed E-state index contributed by atoms with van der Waals surface area (Å²) < 4.78 is 16.4. The Balaban J connectivity index is 1.77. The van der Waals surface area contributed by atoms with Gasteiger partial charge in [-0.1, -0.05) is 12.2 Å². The van der Waals surface area contributed by atoms with Crippen LogP contribution in [0.1, 0.15) is 28.8 Å². The number of rotatable bonds is 1. The van der Waals surface area contributed by atoms with Gasteiger partial charge in [-0.3, -0.25) is 4.79 Å². The van der Waals surface area contributed by atoms with E-state index in [1.165, 1.54) is 0 Å². The summed E-state index contributed by atoms with van der Waals surface area (Å²) in [6.07, 6.45) is 4.88. The number of aliphatic hydroxyl groups is 1. The Kier molecular flexibility index (Phi) is 2.77. The summed E-state index contributed by atoms with van der Waals surface area (Å²) in [4.78, 5) is 12.7. The lowest BCUT2D eigenvalue weighted by Gasteiger charge is -2.49. The molecule has 0 amide bonds. The van der Waals surface area contributed by atoms with Crippen LogP contribution in [-0.4, -0.2) is 49.1 Å². The Morgan fingerprint density at radius 1 is 1.33 bits per heavy atom. The summed E-state index contributed by atoms with van der Waals surface area (Å²) >= 11 is 0. The average Bonchev–Trinajstić information content (AvgIpc) is 3.15. The predicted octanol–water partition coefficient (Wildman–Crippen LogP) is 0.917. The lowest BCUT2D eigenvalue weighted by molar-refractivity contribution is -0.00876.